The molecular formula is C27H25FN4O3. The van der Waals surface area contributed by atoms with Crippen molar-refractivity contribution in [3.8, 4) is 5.75 Å². The van der Waals surface area contributed by atoms with Crippen molar-refractivity contribution < 1.29 is 19.1 Å². The standard InChI is InChI=1S/C27H25FN4O3/c1-16-8-9-22(17(2)11-16)31-15-19(12-25(31)34)27(35)32-23(26-20(28)6-3-7-24(26)33)13-21(30-32)18-5-4-10-29-14-18/h3-11,14,19,23,33H,12-13,15H2,1-2H3/t19-,23?/m0/s1. The quantitative estimate of drug-likeness (QED) is 0.614. The van der Waals surface area contributed by atoms with Gasteiger partial charge in [0.15, 0.2) is 0 Å². The lowest BCUT2D eigenvalue weighted by atomic mass is 9.97. The average Bonchev–Trinajstić information content (AvgIpc) is 3.44. The molecule has 1 fully saturated rings. The van der Waals surface area contributed by atoms with Crippen LogP contribution in [0.15, 0.2) is 66.0 Å². The first-order valence-electron chi connectivity index (χ1n) is 11.5. The molecule has 0 spiro atoms. The smallest absolute Gasteiger partial charge is 0.248 e. The zero-order valence-corrected chi connectivity index (χ0v) is 19.5. The number of carbonyl (C=O) groups is 2. The zero-order valence-electron chi connectivity index (χ0n) is 19.5. The number of phenolic OH excluding ortho intramolecular Hbond substituents is 1. The van der Waals surface area contributed by atoms with E-state index in [0.717, 1.165) is 16.8 Å². The van der Waals surface area contributed by atoms with Gasteiger partial charge < -0.3 is 10.0 Å². The number of aryl methyl sites for hydroxylation is 2. The Kier molecular flexibility index (Phi) is 5.80. The summed E-state index contributed by atoms with van der Waals surface area (Å²) in [6.07, 6.45) is 3.52. The van der Waals surface area contributed by atoms with Crippen LogP contribution in [0.2, 0.25) is 0 Å². The monoisotopic (exact) mass is 472 g/mol. The summed E-state index contributed by atoms with van der Waals surface area (Å²) in [5.41, 5.74) is 4.11. The van der Waals surface area contributed by atoms with E-state index in [0.29, 0.717) is 11.3 Å². The first kappa shape index (κ1) is 22.7. The molecule has 5 rings (SSSR count). The van der Waals surface area contributed by atoms with Crippen LogP contribution in [-0.2, 0) is 9.59 Å². The van der Waals surface area contributed by atoms with Gasteiger partial charge in [-0.2, -0.15) is 5.10 Å². The van der Waals surface area contributed by atoms with E-state index in [2.05, 4.69) is 10.1 Å². The number of anilines is 1. The zero-order chi connectivity index (χ0) is 24.7. The second kappa shape index (κ2) is 8.94. The molecule has 2 amide bonds. The number of aromatic hydroxyl groups is 1. The Bertz CT molecular complexity index is 1320. The summed E-state index contributed by atoms with van der Waals surface area (Å²) in [6.45, 7) is 4.14. The minimum absolute atomic E-state index is 0.0130. The number of nitrogens with zero attached hydrogens (tertiary/aromatic N) is 4. The van der Waals surface area contributed by atoms with Crippen LogP contribution < -0.4 is 4.90 Å². The molecule has 0 bridgehead atoms. The summed E-state index contributed by atoms with van der Waals surface area (Å²) in [5.74, 6) is -2.02. The molecule has 8 heteroatoms. The third kappa shape index (κ3) is 4.16. The second-order valence-electron chi connectivity index (χ2n) is 9.06. The number of phenols is 1. The Morgan fingerprint density at radius 3 is 2.66 bits per heavy atom. The van der Waals surface area contributed by atoms with Gasteiger partial charge in [0.25, 0.3) is 0 Å². The summed E-state index contributed by atoms with van der Waals surface area (Å²) in [7, 11) is 0. The fourth-order valence-electron chi connectivity index (χ4n) is 4.90. The van der Waals surface area contributed by atoms with Gasteiger partial charge in [0.1, 0.15) is 11.6 Å². The molecule has 35 heavy (non-hydrogen) atoms. The Balaban J connectivity index is 1.48. The Labute approximate surface area is 202 Å². The van der Waals surface area contributed by atoms with Crippen molar-refractivity contribution in [2.45, 2.75) is 32.7 Å². The van der Waals surface area contributed by atoms with Crippen molar-refractivity contribution in [3.05, 3.63) is 89.0 Å². The second-order valence-corrected chi connectivity index (χ2v) is 9.06. The molecule has 1 aromatic heterocycles. The van der Waals surface area contributed by atoms with Gasteiger partial charge >= 0.3 is 0 Å². The number of aromatic nitrogens is 1. The van der Waals surface area contributed by atoms with Gasteiger partial charge in [-0.1, -0.05) is 29.8 Å². The number of pyridine rings is 1. The summed E-state index contributed by atoms with van der Waals surface area (Å²) in [5, 5.41) is 16.2. The molecule has 1 unspecified atom stereocenters. The number of amides is 2. The van der Waals surface area contributed by atoms with Crippen LogP contribution in [0.5, 0.6) is 5.75 Å². The minimum Gasteiger partial charge on any atom is -0.507 e. The predicted molar refractivity (Wildman–Crippen MR) is 129 cm³/mol. The van der Waals surface area contributed by atoms with Gasteiger partial charge in [-0.05, 0) is 43.7 Å². The highest BCUT2D eigenvalue weighted by Crippen LogP contribution is 2.40. The van der Waals surface area contributed by atoms with E-state index in [4.69, 9.17) is 0 Å². The van der Waals surface area contributed by atoms with E-state index in [9.17, 15) is 19.1 Å². The number of hydrogen-bond acceptors (Lipinski definition) is 5. The third-order valence-corrected chi connectivity index (χ3v) is 6.61. The van der Waals surface area contributed by atoms with Gasteiger partial charge in [0, 0.05) is 43.0 Å². The van der Waals surface area contributed by atoms with Gasteiger partial charge in [0.05, 0.1) is 23.2 Å². The van der Waals surface area contributed by atoms with Crippen molar-refractivity contribution in [3.63, 3.8) is 0 Å². The fraction of sp³-hybridized carbons (Fsp3) is 0.259. The normalized spacial score (nSPS) is 19.9. The molecule has 0 aliphatic carbocycles. The maximum Gasteiger partial charge on any atom is 0.248 e. The van der Waals surface area contributed by atoms with Gasteiger partial charge in [-0.25, -0.2) is 9.40 Å². The van der Waals surface area contributed by atoms with Gasteiger partial charge in [0.2, 0.25) is 11.8 Å². The molecule has 1 N–H and O–H groups in total. The number of hydrogen-bond donors (Lipinski definition) is 1. The Morgan fingerprint density at radius 2 is 1.94 bits per heavy atom. The van der Waals surface area contributed by atoms with Crippen molar-refractivity contribution in [2.75, 3.05) is 11.4 Å². The van der Waals surface area contributed by atoms with Crippen LogP contribution in [0.25, 0.3) is 0 Å². The molecule has 2 aromatic carbocycles. The van der Waals surface area contributed by atoms with Crippen LogP contribution in [0.1, 0.15) is 41.1 Å². The number of halogens is 1. The highest BCUT2D eigenvalue weighted by atomic mass is 19.1. The number of benzene rings is 2. The fourth-order valence-corrected chi connectivity index (χ4v) is 4.90. The first-order chi connectivity index (χ1) is 16.8. The van der Waals surface area contributed by atoms with E-state index in [1.165, 1.54) is 23.2 Å². The molecule has 7 nitrogen and oxygen atoms in total. The van der Waals surface area contributed by atoms with Gasteiger partial charge in [-0.3, -0.25) is 14.6 Å². The maximum atomic E-state index is 14.8. The van der Waals surface area contributed by atoms with E-state index < -0.39 is 17.8 Å². The van der Waals surface area contributed by atoms with Crippen LogP contribution in [0.3, 0.4) is 0 Å². The van der Waals surface area contributed by atoms with Crippen LogP contribution in [0.4, 0.5) is 10.1 Å². The van der Waals surface area contributed by atoms with Crippen molar-refractivity contribution in [1.82, 2.24) is 9.99 Å². The Hall–Kier alpha value is -4.07. The van der Waals surface area contributed by atoms with Crippen molar-refractivity contribution in [2.24, 2.45) is 11.0 Å². The molecule has 0 saturated carbocycles. The third-order valence-electron chi connectivity index (χ3n) is 6.61. The maximum absolute atomic E-state index is 14.8. The number of hydrazone groups is 1. The van der Waals surface area contributed by atoms with Gasteiger partial charge in [-0.15, -0.1) is 0 Å². The lowest BCUT2D eigenvalue weighted by molar-refractivity contribution is -0.137. The van der Waals surface area contributed by atoms with Crippen molar-refractivity contribution >= 4 is 23.2 Å². The van der Waals surface area contributed by atoms with E-state index in [1.807, 2.05) is 38.1 Å². The van der Waals surface area contributed by atoms with E-state index in [-0.39, 0.29) is 42.5 Å². The topological polar surface area (TPSA) is 86.1 Å². The molecule has 3 aromatic rings. The first-order valence-corrected chi connectivity index (χ1v) is 11.5. The summed E-state index contributed by atoms with van der Waals surface area (Å²) < 4.78 is 14.8. The minimum atomic E-state index is -0.829. The predicted octanol–water partition coefficient (Wildman–Crippen LogP) is 4.27. The largest absolute Gasteiger partial charge is 0.507 e. The lowest BCUT2D eigenvalue weighted by Gasteiger charge is -2.25. The molecule has 0 radical (unpaired) electrons. The van der Waals surface area contributed by atoms with Crippen LogP contribution in [-0.4, -0.2) is 39.2 Å². The average molecular weight is 473 g/mol. The molecule has 2 aliphatic rings. The number of carbonyl (C=O) groups excluding carboxylic acids is 2. The molecule has 3 heterocycles. The lowest BCUT2D eigenvalue weighted by Crippen LogP contribution is -2.35. The highest BCUT2D eigenvalue weighted by molar-refractivity contribution is 6.05. The SMILES string of the molecule is Cc1ccc(N2C[C@@H](C(=O)N3N=C(c4cccnc4)CC3c3c(O)cccc3F)CC2=O)c(C)c1. The van der Waals surface area contributed by atoms with Crippen molar-refractivity contribution in [1.29, 1.82) is 0 Å². The summed E-state index contributed by atoms with van der Waals surface area (Å²) >= 11 is 0. The van der Waals surface area contributed by atoms with E-state index >= 15 is 0 Å². The molecule has 2 atom stereocenters. The summed E-state index contributed by atoms with van der Waals surface area (Å²) in [4.78, 5) is 32.4. The summed E-state index contributed by atoms with van der Waals surface area (Å²) in [6, 6.07) is 12.6. The van der Waals surface area contributed by atoms with Crippen LogP contribution in [0, 0.1) is 25.6 Å². The highest BCUT2D eigenvalue weighted by Gasteiger charge is 2.43. The molecule has 2 aliphatic heterocycles. The van der Waals surface area contributed by atoms with E-state index in [1.54, 1.807) is 23.4 Å². The molecule has 178 valence electrons. The molecular weight excluding hydrogens is 447 g/mol. The van der Waals surface area contributed by atoms with Crippen LogP contribution >= 0.6 is 0 Å². The Morgan fingerprint density at radius 1 is 1.11 bits per heavy atom. The number of rotatable bonds is 4. The molecule has 1 saturated heterocycles.